The monoisotopic (exact) mass is 305 g/mol. The second kappa shape index (κ2) is 5.40. The van der Waals surface area contributed by atoms with Crippen molar-refractivity contribution in [3.8, 4) is 0 Å². The molecule has 1 N–H and O–H groups in total. The molecule has 1 saturated carbocycles. The van der Waals surface area contributed by atoms with E-state index in [9.17, 15) is 4.79 Å². The highest BCUT2D eigenvalue weighted by atomic mass is 32.1. The second-order valence-corrected chi connectivity index (χ2v) is 7.76. The smallest absolute Gasteiger partial charge is 0.231 e. The molecule has 2 saturated heterocycles. The summed E-state index contributed by atoms with van der Waals surface area (Å²) in [6.45, 7) is 0. The van der Waals surface area contributed by atoms with E-state index in [4.69, 9.17) is 4.74 Å². The Balaban J connectivity index is 1.54. The Morgan fingerprint density at radius 1 is 1.29 bits per heavy atom. The Morgan fingerprint density at radius 3 is 2.76 bits per heavy atom. The molecule has 3 fully saturated rings. The molecule has 1 aromatic heterocycles. The average molecular weight is 305 g/mol. The summed E-state index contributed by atoms with van der Waals surface area (Å²) in [5.74, 6) is 0.255. The minimum absolute atomic E-state index is 0.245. The van der Waals surface area contributed by atoms with Crippen molar-refractivity contribution in [2.24, 2.45) is 0 Å². The molecule has 1 aromatic rings. The molecule has 0 unspecified atom stereocenters. The van der Waals surface area contributed by atoms with Gasteiger partial charge in [-0.15, -0.1) is 11.3 Å². The van der Waals surface area contributed by atoms with Gasteiger partial charge in [0.05, 0.1) is 23.7 Å². The maximum atomic E-state index is 13.1. The standard InChI is InChI=1S/C17H23NO2S/c19-16(18-13-11-12-6-7-14(13)20-12)17(8-2-1-3-9-17)15-5-4-10-21-15/h4-5,10,12-14H,1-3,6-9,11H2,(H,18,19)/t12-,13-,14-/m1/s1. The van der Waals surface area contributed by atoms with E-state index in [0.717, 1.165) is 25.7 Å². The Hall–Kier alpha value is -0.870. The zero-order chi connectivity index (χ0) is 14.3. The van der Waals surface area contributed by atoms with Gasteiger partial charge in [-0.1, -0.05) is 25.3 Å². The molecule has 0 spiro atoms. The van der Waals surface area contributed by atoms with Crippen molar-refractivity contribution >= 4 is 17.2 Å². The van der Waals surface area contributed by atoms with Crippen molar-refractivity contribution in [1.29, 1.82) is 0 Å². The van der Waals surface area contributed by atoms with Crippen molar-refractivity contribution in [1.82, 2.24) is 5.32 Å². The molecule has 114 valence electrons. The average Bonchev–Trinajstić information content (AvgIpc) is 3.25. The van der Waals surface area contributed by atoms with Gasteiger partial charge in [0.25, 0.3) is 0 Å². The molecular formula is C17H23NO2S. The lowest BCUT2D eigenvalue weighted by atomic mass is 9.72. The van der Waals surface area contributed by atoms with Gasteiger partial charge in [0.1, 0.15) is 0 Å². The third-order valence-electron chi connectivity index (χ3n) is 5.56. The van der Waals surface area contributed by atoms with Crippen LogP contribution in [0.1, 0.15) is 56.2 Å². The van der Waals surface area contributed by atoms with Crippen LogP contribution in [0.4, 0.5) is 0 Å². The van der Waals surface area contributed by atoms with Gasteiger partial charge in [-0.2, -0.15) is 0 Å². The van der Waals surface area contributed by atoms with Crippen LogP contribution in [0.5, 0.6) is 0 Å². The van der Waals surface area contributed by atoms with Gasteiger partial charge >= 0.3 is 0 Å². The molecule has 2 bridgehead atoms. The Kier molecular flexibility index (Phi) is 3.54. The molecule has 1 aliphatic carbocycles. The number of carbonyl (C=O) groups is 1. The van der Waals surface area contributed by atoms with Gasteiger partial charge in [-0.3, -0.25) is 4.79 Å². The van der Waals surface area contributed by atoms with Gasteiger partial charge < -0.3 is 10.1 Å². The number of nitrogens with one attached hydrogen (secondary N) is 1. The lowest BCUT2D eigenvalue weighted by Gasteiger charge is -2.36. The molecule has 21 heavy (non-hydrogen) atoms. The van der Waals surface area contributed by atoms with Crippen LogP contribution in [0.15, 0.2) is 17.5 Å². The summed E-state index contributed by atoms with van der Waals surface area (Å²) in [5.41, 5.74) is -0.270. The van der Waals surface area contributed by atoms with Crippen LogP contribution in [0.25, 0.3) is 0 Å². The van der Waals surface area contributed by atoms with Crippen molar-refractivity contribution in [2.45, 2.75) is 75.0 Å². The van der Waals surface area contributed by atoms with E-state index in [1.807, 2.05) is 0 Å². The summed E-state index contributed by atoms with van der Waals surface area (Å²) < 4.78 is 5.88. The number of hydrogen-bond acceptors (Lipinski definition) is 3. The number of carbonyl (C=O) groups excluding carboxylic acids is 1. The highest BCUT2D eigenvalue weighted by Gasteiger charge is 2.46. The van der Waals surface area contributed by atoms with Crippen LogP contribution >= 0.6 is 11.3 Å². The third-order valence-corrected chi connectivity index (χ3v) is 6.63. The molecule has 2 aliphatic heterocycles. The van der Waals surface area contributed by atoms with Gasteiger partial charge in [-0.05, 0) is 43.6 Å². The Labute approximate surface area is 130 Å². The highest BCUT2D eigenvalue weighted by molar-refractivity contribution is 7.10. The van der Waals surface area contributed by atoms with Crippen molar-refractivity contribution < 1.29 is 9.53 Å². The Morgan fingerprint density at radius 2 is 2.14 bits per heavy atom. The maximum Gasteiger partial charge on any atom is 0.231 e. The van der Waals surface area contributed by atoms with Crippen molar-refractivity contribution in [2.75, 3.05) is 0 Å². The first kappa shape index (κ1) is 13.8. The predicted molar refractivity (Wildman–Crippen MR) is 83.5 cm³/mol. The number of rotatable bonds is 3. The van der Waals surface area contributed by atoms with Crippen molar-refractivity contribution in [3.63, 3.8) is 0 Å². The molecule has 4 rings (SSSR count). The van der Waals surface area contributed by atoms with Crippen LogP contribution in [0, 0.1) is 0 Å². The summed E-state index contributed by atoms with van der Waals surface area (Å²) in [5, 5.41) is 5.45. The fourth-order valence-corrected chi connectivity index (χ4v) is 5.37. The Bertz CT molecular complexity index is 507. The second-order valence-electron chi connectivity index (χ2n) is 6.81. The third kappa shape index (κ3) is 2.33. The lowest BCUT2D eigenvalue weighted by molar-refractivity contribution is -0.129. The fourth-order valence-electron chi connectivity index (χ4n) is 4.39. The molecule has 3 atom stereocenters. The zero-order valence-corrected chi connectivity index (χ0v) is 13.2. The van der Waals surface area contributed by atoms with Gasteiger partial charge in [0.15, 0.2) is 0 Å². The van der Waals surface area contributed by atoms with E-state index in [-0.39, 0.29) is 23.5 Å². The van der Waals surface area contributed by atoms with Gasteiger partial charge in [-0.25, -0.2) is 0 Å². The normalized spacial score (nSPS) is 34.0. The topological polar surface area (TPSA) is 38.3 Å². The minimum Gasteiger partial charge on any atom is -0.373 e. The van der Waals surface area contributed by atoms with E-state index in [0.29, 0.717) is 6.10 Å². The van der Waals surface area contributed by atoms with E-state index in [1.165, 1.54) is 30.6 Å². The summed E-state index contributed by atoms with van der Waals surface area (Å²) in [6.07, 6.45) is 9.55. The largest absolute Gasteiger partial charge is 0.373 e. The summed E-state index contributed by atoms with van der Waals surface area (Å²) in [6, 6.07) is 4.46. The predicted octanol–water partition coefficient (Wildman–Crippen LogP) is 3.39. The molecule has 3 nitrogen and oxygen atoms in total. The van der Waals surface area contributed by atoms with Crippen LogP contribution in [-0.2, 0) is 14.9 Å². The van der Waals surface area contributed by atoms with Crippen LogP contribution in [0.3, 0.4) is 0 Å². The SMILES string of the molecule is O=C(N[C@@H]1C[C@H]2CC[C@H]1O2)C1(c2cccs2)CCCCC1. The number of thiophene rings is 1. The van der Waals surface area contributed by atoms with Crippen LogP contribution in [-0.4, -0.2) is 24.2 Å². The van der Waals surface area contributed by atoms with E-state index in [1.54, 1.807) is 11.3 Å². The summed E-state index contributed by atoms with van der Waals surface area (Å²) in [7, 11) is 0. The number of amides is 1. The van der Waals surface area contributed by atoms with Gasteiger partial charge in [0.2, 0.25) is 5.91 Å². The maximum absolute atomic E-state index is 13.1. The van der Waals surface area contributed by atoms with Gasteiger partial charge in [0, 0.05) is 4.88 Å². The lowest BCUT2D eigenvalue weighted by Crippen LogP contribution is -2.51. The van der Waals surface area contributed by atoms with Crippen LogP contribution in [0.2, 0.25) is 0 Å². The van der Waals surface area contributed by atoms with Crippen LogP contribution < -0.4 is 5.32 Å². The number of hydrogen-bond donors (Lipinski definition) is 1. The highest BCUT2D eigenvalue weighted by Crippen LogP contribution is 2.43. The fraction of sp³-hybridized carbons (Fsp3) is 0.706. The number of fused-ring (bicyclic) bond motifs is 2. The first-order chi connectivity index (χ1) is 10.3. The summed E-state index contributed by atoms with van der Waals surface area (Å²) in [4.78, 5) is 14.3. The molecule has 1 amide bonds. The van der Waals surface area contributed by atoms with Crippen molar-refractivity contribution in [3.05, 3.63) is 22.4 Å². The minimum atomic E-state index is -0.270. The zero-order valence-electron chi connectivity index (χ0n) is 12.3. The molecule has 3 heterocycles. The summed E-state index contributed by atoms with van der Waals surface area (Å²) >= 11 is 1.74. The van der Waals surface area contributed by atoms with E-state index in [2.05, 4.69) is 22.8 Å². The number of ether oxygens (including phenoxy) is 1. The first-order valence-electron chi connectivity index (χ1n) is 8.28. The van der Waals surface area contributed by atoms with E-state index >= 15 is 0 Å². The molecule has 0 radical (unpaired) electrons. The molecule has 4 heteroatoms. The molecule has 0 aromatic carbocycles. The quantitative estimate of drug-likeness (QED) is 0.929. The van der Waals surface area contributed by atoms with E-state index < -0.39 is 0 Å². The first-order valence-corrected chi connectivity index (χ1v) is 9.16. The molecular weight excluding hydrogens is 282 g/mol. The molecule has 3 aliphatic rings.